The number of halogens is 1. The molecule has 2 N–H and O–H groups in total. The number of rotatable bonds is 4. The highest BCUT2D eigenvalue weighted by Gasteiger charge is 2.55. The molecular formula is C12H20ClNO3. The highest BCUT2D eigenvalue weighted by molar-refractivity contribution is 6.17. The van der Waals surface area contributed by atoms with E-state index in [4.69, 9.17) is 16.3 Å². The standard InChI is InChI=1S/C12H20ClNO3/c13-5-1-2-11(16)14-9-8-10(15)12(9)3-6-17-7-4-12/h9-10,15H,1-8H2,(H,14,16). The molecule has 0 radical (unpaired) electrons. The summed E-state index contributed by atoms with van der Waals surface area (Å²) < 4.78 is 5.33. The molecule has 4 nitrogen and oxygen atoms in total. The van der Waals surface area contributed by atoms with Crippen LogP contribution in [0.15, 0.2) is 0 Å². The summed E-state index contributed by atoms with van der Waals surface area (Å²) in [6.45, 7) is 1.37. The van der Waals surface area contributed by atoms with Crippen molar-refractivity contribution in [3.63, 3.8) is 0 Å². The van der Waals surface area contributed by atoms with Crippen molar-refractivity contribution in [3.8, 4) is 0 Å². The lowest BCUT2D eigenvalue weighted by Gasteiger charge is -2.55. The van der Waals surface area contributed by atoms with E-state index in [-0.39, 0.29) is 23.5 Å². The number of hydrogen-bond acceptors (Lipinski definition) is 3. The predicted molar refractivity (Wildman–Crippen MR) is 65.0 cm³/mol. The summed E-state index contributed by atoms with van der Waals surface area (Å²) in [5.41, 5.74) is -0.130. The van der Waals surface area contributed by atoms with Gasteiger partial charge in [-0.3, -0.25) is 4.79 Å². The average molecular weight is 262 g/mol. The summed E-state index contributed by atoms with van der Waals surface area (Å²) in [6, 6.07) is 0.115. The Morgan fingerprint density at radius 1 is 1.47 bits per heavy atom. The zero-order valence-electron chi connectivity index (χ0n) is 9.95. The van der Waals surface area contributed by atoms with Gasteiger partial charge in [-0.1, -0.05) is 0 Å². The first kappa shape index (κ1) is 13.1. The van der Waals surface area contributed by atoms with Crippen LogP contribution in [0.3, 0.4) is 0 Å². The highest BCUT2D eigenvalue weighted by Crippen LogP contribution is 2.48. The number of ether oxygens (including phenoxy) is 1. The van der Waals surface area contributed by atoms with Gasteiger partial charge < -0.3 is 15.2 Å². The molecule has 0 bridgehead atoms. The fourth-order valence-corrected chi connectivity index (χ4v) is 3.03. The maximum absolute atomic E-state index is 11.7. The van der Waals surface area contributed by atoms with Gasteiger partial charge in [0, 0.05) is 37.0 Å². The Kier molecular flexibility index (Phi) is 4.28. The van der Waals surface area contributed by atoms with E-state index in [2.05, 4.69) is 5.32 Å². The molecule has 0 aromatic carbocycles. The first-order valence-electron chi connectivity index (χ1n) is 6.30. The predicted octanol–water partition coefficient (Wildman–Crippen LogP) is 1.05. The maximum atomic E-state index is 11.7. The first-order chi connectivity index (χ1) is 8.19. The Balaban J connectivity index is 1.86. The zero-order chi connectivity index (χ0) is 12.3. The van der Waals surface area contributed by atoms with Gasteiger partial charge in [-0.2, -0.15) is 0 Å². The smallest absolute Gasteiger partial charge is 0.220 e. The van der Waals surface area contributed by atoms with Crippen molar-refractivity contribution < 1.29 is 14.6 Å². The van der Waals surface area contributed by atoms with E-state index in [9.17, 15) is 9.90 Å². The van der Waals surface area contributed by atoms with Crippen LogP contribution in [0.5, 0.6) is 0 Å². The molecule has 0 aromatic rings. The van der Waals surface area contributed by atoms with Gasteiger partial charge in [-0.25, -0.2) is 0 Å². The molecule has 98 valence electrons. The minimum Gasteiger partial charge on any atom is -0.392 e. The van der Waals surface area contributed by atoms with E-state index in [1.54, 1.807) is 0 Å². The Morgan fingerprint density at radius 3 is 2.76 bits per heavy atom. The molecule has 2 unspecified atom stereocenters. The molecule has 2 fully saturated rings. The quantitative estimate of drug-likeness (QED) is 0.744. The van der Waals surface area contributed by atoms with Gasteiger partial charge in [0.25, 0.3) is 0 Å². The summed E-state index contributed by atoms with van der Waals surface area (Å²) in [5, 5.41) is 13.0. The Hall–Kier alpha value is -0.320. The molecule has 1 amide bonds. The Morgan fingerprint density at radius 2 is 2.18 bits per heavy atom. The van der Waals surface area contributed by atoms with Crippen LogP contribution in [0.25, 0.3) is 0 Å². The van der Waals surface area contributed by atoms with Crippen molar-refractivity contribution >= 4 is 17.5 Å². The number of amides is 1. The lowest BCUT2D eigenvalue weighted by atomic mass is 9.58. The Bertz CT molecular complexity index is 279. The fourth-order valence-electron chi connectivity index (χ4n) is 2.89. The van der Waals surface area contributed by atoms with Crippen LogP contribution in [0.1, 0.15) is 32.1 Å². The second kappa shape index (κ2) is 5.55. The molecular weight excluding hydrogens is 242 g/mol. The van der Waals surface area contributed by atoms with Gasteiger partial charge >= 0.3 is 0 Å². The van der Waals surface area contributed by atoms with E-state index < -0.39 is 0 Å². The number of nitrogens with one attached hydrogen (secondary N) is 1. The normalized spacial score (nSPS) is 30.9. The van der Waals surface area contributed by atoms with E-state index in [1.807, 2.05) is 0 Å². The molecule has 1 saturated carbocycles. The number of aliphatic hydroxyl groups excluding tert-OH is 1. The number of carbonyl (C=O) groups excluding carboxylic acids is 1. The van der Waals surface area contributed by atoms with E-state index >= 15 is 0 Å². The summed E-state index contributed by atoms with van der Waals surface area (Å²) in [5.74, 6) is 0.563. The van der Waals surface area contributed by atoms with Gasteiger partial charge in [0.1, 0.15) is 0 Å². The molecule has 2 rings (SSSR count). The first-order valence-corrected chi connectivity index (χ1v) is 6.83. The number of hydrogen-bond donors (Lipinski definition) is 2. The van der Waals surface area contributed by atoms with Crippen LogP contribution < -0.4 is 5.32 Å². The summed E-state index contributed by atoms with van der Waals surface area (Å²) in [7, 11) is 0. The minimum absolute atomic E-state index is 0.0495. The summed E-state index contributed by atoms with van der Waals surface area (Å²) in [6.07, 6.45) is 3.25. The SMILES string of the molecule is O=C(CCCCl)NC1CC(O)C12CCOCC2. The number of aliphatic hydroxyl groups is 1. The summed E-state index contributed by atoms with van der Waals surface area (Å²) >= 11 is 5.56. The van der Waals surface area contributed by atoms with Crippen molar-refractivity contribution in [2.45, 2.75) is 44.2 Å². The third-order valence-corrected chi connectivity index (χ3v) is 4.38. The van der Waals surface area contributed by atoms with Crippen LogP contribution in [-0.4, -0.2) is 42.3 Å². The minimum atomic E-state index is -0.287. The molecule has 1 aliphatic heterocycles. The van der Waals surface area contributed by atoms with Crippen molar-refractivity contribution in [1.82, 2.24) is 5.32 Å². The third-order valence-electron chi connectivity index (χ3n) is 4.11. The Labute approximate surface area is 107 Å². The average Bonchev–Trinajstić information content (AvgIpc) is 2.37. The van der Waals surface area contributed by atoms with Gasteiger partial charge in [0.2, 0.25) is 5.91 Å². The molecule has 1 heterocycles. The highest BCUT2D eigenvalue weighted by atomic mass is 35.5. The topological polar surface area (TPSA) is 58.6 Å². The van der Waals surface area contributed by atoms with Crippen molar-refractivity contribution in [3.05, 3.63) is 0 Å². The molecule has 17 heavy (non-hydrogen) atoms. The van der Waals surface area contributed by atoms with Crippen molar-refractivity contribution in [2.24, 2.45) is 5.41 Å². The largest absolute Gasteiger partial charge is 0.392 e. The molecule has 0 aromatic heterocycles. The van der Waals surface area contributed by atoms with Crippen LogP contribution in [0.2, 0.25) is 0 Å². The number of alkyl halides is 1. The lowest BCUT2D eigenvalue weighted by Crippen LogP contribution is -2.65. The fraction of sp³-hybridized carbons (Fsp3) is 0.917. The number of carbonyl (C=O) groups is 1. The van der Waals surface area contributed by atoms with Crippen LogP contribution in [-0.2, 0) is 9.53 Å². The van der Waals surface area contributed by atoms with Crippen molar-refractivity contribution in [2.75, 3.05) is 19.1 Å². The second-order valence-corrected chi connectivity index (χ2v) is 5.39. The van der Waals surface area contributed by atoms with E-state index in [0.717, 1.165) is 12.8 Å². The van der Waals surface area contributed by atoms with E-state index in [0.29, 0.717) is 38.4 Å². The molecule has 1 aliphatic carbocycles. The summed E-state index contributed by atoms with van der Waals surface area (Å²) in [4.78, 5) is 11.7. The van der Waals surface area contributed by atoms with Gasteiger partial charge in [-0.05, 0) is 25.7 Å². The van der Waals surface area contributed by atoms with Gasteiger partial charge in [0.15, 0.2) is 0 Å². The van der Waals surface area contributed by atoms with Crippen molar-refractivity contribution in [1.29, 1.82) is 0 Å². The van der Waals surface area contributed by atoms with Gasteiger partial charge in [0.05, 0.1) is 6.10 Å². The third kappa shape index (κ3) is 2.59. The lowest BCUT2D eigenvalue weighted by molar-refractivity contribution is -0.156. The van der Waals surface area contributed by atoms with Crippen LogP contribution in [0.4, 0.5) is 0 Å². The molecule has 1 saturated heterocycles. The molecule has 1 spiro atoms. The second-order valence-electron chi connectivity index (χ2n) is 5.01. The maximum Gasteiger partial charge on any atom is 0.220 e. The molecule has 2 atom stereocenters. The molecule has 5 heteroatoms. The zero-order valence-corrected chi connectivity index (χ0v) is 10.7. The van der Waals surface area contributed by atoms with Crippen LogP contribution in [0, 0.1) is 5.41 Å². The monoisotopic (exact) mass is 261 g/mol. The van der Waals surface area contributed by atoms with Gasteiger partial charge in [-0.15, -0.1) is 11.6 Å². The van der Waals surface area contributed by atoms with Crippen LogP contribution >= 0.6 is 11.6 Å². The van der Waals surface area contributed by atoms with E-state index in [1.165, 1.54) is 0 Å². The molecule has 2 aliphatic rings.